The van der Waals surface area contributed by atoms with Gasteiger partial charge in [0.1, 0.15) is 0 Å². The fourth-order valence-corrected chi connectivity index (χ4v) is 3.92. The molecule has 6 nitrogen and oxygen atoms in total. The third-order valence-corrected chi connectivity index (χ3v) is 5.71. The molecule has 0 fully saturated rings. The second kappa shape index (κ2) is 7.12. The van der Waals surface area contributed by atoms with Crippen LogP contribution < -0.4 is 5.32 Å². The molecule has 0 radical (unpaired) electrons. The van der Waals surface area contributed by atoms with E-state index in [2.05, 4.69) is 10.3 Å². The van der Waals surface area contributed by atoms with Gasteiger partial charge >= 0.3 is 5.00 Å². The van der Waals surface area contributed by atoms with Crippen LogP contribution in [0.1, 0.15) is 27.0 Å². The summed E-state index contributed by atoms with van der Waals surface area (Å²) in [6.07, 6.45) is 0.807. The molecule has 0 unspecified atom stereocenters. The summed E-state index contributed by atoms with van der Waals surface area (Å²) in [5.74, 6) is -0.384. The van der Waals surface area contributed by atoms with E-state index in [9.17, 15) is 14.9 Å². The molecule has 3 rings (SSSR count). The molecular weight excluding hydrogens is 358 g/mol. The van der Waals surface area contributed by atoms with E-state index >= 15 is 0 Å². The van der Waals surface area contributed by atoms with Crippen molar-refractivity contribution in [3.05, 3.63) is 61.8 Å². The van der Waals surface area contributed by atoms with Gasteiger partial charge in [0.05, 0.1) is 15.5 Å². The maximum Gasteiger partial charge on any atom is 0.324 e. The lowest BCUT2D eigenvalue weighted by Crippen LogP contribution is -2.09. The fraction of sp³-hybridized carbons (Fsp3) is 0.176. The quantitative estimate of drug-likeness (QED) is 0.509. The van der Waals surface area contributed by atoms with E-state index < -0.39 is 4.92 Å². The summed E-state index contributed by atoms with van der Waals surface area (Å²) in [5, 5.41) is 13.9. The van der Waals surface area contributed by atoms with Gasteiger partial charge in [-0.05, 0) is 19.4 Å². The number of carbonyl (C=O) groups is 1. The Morgan fingerprint density at radius 2 is 1.92 bits per heavy atom. The number of aryl methyl sites for hydroxylation is 2. The number of nitro groups is 1. The van der Waals surface area contributed by atoms with Crippen molar-refractivity contribution in [2.24, 2.45) is 0 Å². The van der Waals surface area contributed by atoms with Crippen LogP contribution in [0.2, 0.25) is 0 Å². The van der Waals surface area contributed by atoms with Crippen molar-refractivity contribution in [1.82, 2.24) is 4.98 Å². The van der Waals surface area contributed by atoms with E-state index in [-0.39, 0.29) is 15.8 Å². The highest BCUT2D eigenvalue weighted by Gasteiger charge is 2.18. The summed E-state index contributed by atoms with van der Waals surface area (Å²) in [4.78, 5) is 28.4. The molecule has 8 heteroatoms. The van der Waals surface area contributed by atoms with Crippen LogP contribution >= 0.6 is 22.7 Å². The highest BCUT2D eigenvalue weighted by Crippen LogP contribution is 2.32. The molecule has 1 amide bonds. The van der Waals surface area contributed by atoms with Gasteiger partial charge in [0.2, 0.25) is 0 Å². The van der Waals surface area contributed by atoms with Crippen molar-refractivity contribution in [3.63, 3.8) is 0 Å². The zero-order valence-electron chi connectivity index (χ0n) is 13.6. The Morgan fingerprint density at radius 3 is 2.52 bits per heavy atom. The molecule has 0 atom stereocenters. The number of hydrogen-bond acceptors (Lipinski definition) is 6. The van der Waals surface area contributed by atoms with Crippen molar-refractivity contribution in [2.75, 3.05) is 5.32 Å². The molecule has 0 saturated carbocycles. The first-order chi connectivity index (χ1) is 12.0. The Balaban J connectivity index is 1.84. The normalized spacial score (nSPS) is 10.6. The summed E-state index contributed by atoms with van der Waals surface area (Å²) >= 11 is 2.27. The van der Waals surface area contributed by atoms with E-state index in [0.717, 1.165) is 33.9 Å². The zero-order valence-corrected chi connectivity index (χ0v) is 15.2. The van der Waals surface area contributed by atoms with Crippen LogP contribution in [-0.2, 0) is 6.42 Å². The monoisotopic (exact) mass is 373 g/mol. The summed E-state index contributed by atoms with van der Waals surface area (Å²) in [6, 6.07) is 10.9. The van der Waals surface area contributed by atoms with Gasteiger partial charge in [0, 0.05) is 16.5 Å². The van der Waals surface area contributed by atoms with Crippen molar-refractivity contribution >= 4 is 38.7 Å². The van der Waals surface area contributed by atoms with Crippen molar-refractivity contribution < 1.29 is 9.72 Å². The van der Waals surface area contributed by atoms with Gasteiger partial charge in [-0.15, -0.1) is 11.3 Å². The number of aromatic nitrogens is 1. The summed E-state index contributed by atoms with van der Waals surface area (Å²) in [7, 11) is 0. The molecule has 2 aromatic heterocycles. The number of nitrogens with one attached hydrogen (secondary N) is 1. The Kier molecular flexibility index (Phi) is 4.91. The Labute approximate surface area is 152 Å². The van der Waals surface area contributed by atoms with Crippen molar-refractivity contribution in [2.45, 2.75) is 20.3 Å². The molecule has 0 aliphatic rings. The molecular formula is C17H15N3O3S2. The molecule has 2 heterocycles. The van der Waals surface area contributed by atoms with Crippen LogP contribution in [-0.4, -0.2) is 15.8 Å². The summed E-state index contributed by atoms with van der Waals surface area (Å²) in [6.45, 7) is 4.07. The van der Waals surface area contributed by atoms with E-state index in [1.807, 2.05) is 38.1 Å². The summed E-state index contributed by atoms with van der Waals surface area (Å²) < 4.78 is 0. The highest BCUT2D eigenvalue weighted by atomic mass is 32.1. The third kappa shape index (κ3) is 3.75. The molecule has 0 aliphatic carbocycles. The first kappa shape index (κ1) is 17.2. The number of thiazole rings is 1. The number of thiophene rings is 1. The lowest BCUT2D eigenvalue weighted by atomic mass is 10.1. The van der Waals surface area contributed by atoms with E-state index in [1.54, 1.807) is 0 Å². The number of rotatable bonds is 5. The van der Waals surface area contributed by atoms with Gasteiger partial charge in [-0.2, -0.15) is 0 Å². The molecule has 25 heavy (non-hydrogen) atoms. The van der Waals surface area contributed by atoms with Gasteiger partial charge in [-0.1, -0.05) is 48.1 Å². The molecule has 0 spiro atoms. The first-order valence-electron chi connectivity index (χ1n) is 7.60. The van der Waals surface area contributed by atoms with Crippen LogP contribution in [0.4, 0.5) is 10.1 Å². The molecule has 128 valence electrons. The topological polar surface area (TPSA) is 85.1 Å². The van der Waals surface area contributed by atoms with E-state index in [0.29, 0.717) is 5.13 Å². The highest BCUT2D eigenvalue weighted by molar-refractivity contribution is 7.18. The van der Waals surface area contributed by atoms with Gasteiger partial charge in [-0.25, -0.2) is 4.98 Å². The third-order valence-electron chi connectivity index (χ3n) is 3.56. The maximum atomic E-state index is 12.3. The molecule has 1 N–H and O–H groups in total. The van der Waals surface area contributed by atoms with Crippen LogP contribution in [0.5, 0.6) is 0 Å². The standard InChI is InChI=1S/C17H15N3O3S2/c1-3-12-15(11-6-4-10(2)5-7-11)18-17(25-12)19-16(21)13-8-9-14(24-13)20(22)23/h4-9H,3H2,1-2H3,(H,18,19,21). The second-order valence-corrected chi connectivity index (χ2v) is 7.51. The van der Waals surface area contributed by atoms with Crippen LogP contribution in [0.3, 0.4) is 0 Å². The first-order valence-corrected chi connectivity index (χ1v) is 9.23. The molecule has 0 aliphatic heterocycles. The van der Waals surface area contributed by atoms with Gasteiger partial charge in [0.25, 0.3) is 5.91 Å². The van der Waals surface area contributed by atoms with E-state index in [1.165, 1.54) is 29.0 Å². The van der Waals surface area contributed by atoms with Crippen molar-refractivity contribution in [3.8, 4) is 11.3 Å². The minimum absolute atomic E-state index is 0.0566. The smallest absolute Gasteiger partial charge is 0.297 e. The SMILES string of the molecule is CCc1sc(NC(=O)c2ccc([N+](=O)[O-])s2)nc1-c1ccc(C)cc1. The van der Waals surface area contributed by atoms with Crippen LogP contribution in [0.15, 0.2) is 36.4 Å². The number of anilines is 1. The lowest BCUT2D eigenvalue weighted by molar-refractivity contribution is -0.380. The Morgan fingerprint density at radius 1 is 1.20 bits per heavy atom. The Hall–Kier alpha value is -2.58. The predicted molar refractivity (Wildman–Crippen MR) is 101 cm³/mol. The predicted octanol–water partition coefficient (Wildman–Crippen LogP) is 4.90. The van der Waals surface area contributed by atoms with Gasteiger partial charge in [0.15, 0.2) is 5.13 Å². The Bertz CT molecular complexity index is 929. The largest absolute Gasteiger partial charge is 0.324 e. The number of hydrogen-bond donors (Lipinski definition) is 1. The minimum atomic E-state index is -0.504. The number of amides is 1. The fourth-order valence-electron chi connectivity index (χ4n) is 2.29. The number of carbonyl (C=O) groups excluding carboxylic acids is 1. The number of benzene rings is 1. The minimum Gasteiger partial charge on any atom is -0.297 e. The average Bonchev–Trinajstić information content (AvgIpc) is 3.22. The molecule has 3 aromatic rings. The van der Waals surface area contributed by atoms with E-state index in [4.69, 9.17) is 0 Å². The second-order valence-electron chi connectivity index (χ2n) is 5.36. The van der Waals surface area contributed by atoms with Gasteiger partial charge in [-0.3, -0.25) is 20.2 Å². The zero-order chi connectivity index (χ0) is 18.0. The number of nitrogens with zero attached hydrogens (tertiary/aromatic N) is 2. The van der Waals surface area contributed by atoms with Crippen molar-refractivity contribution in [1.29, 1.82) is 0 Å². The average molecular weight is 373 g/mol. The van der Waals surface area contributed by atoms with Crippen LogP contribution in [0.25, 0.3) is 11.3 Å². The summed E-state index contributed by atoms with van der Waals surface area (Å²) in [5.41, 5.74) is 3.04. The lowest BCUT2D eigenvalue weighted by Gasteiger charge is -2.00. The molecule has 1 aromatic carbocycles. The van der Waals surface area contributed by atoms with Gasteiger partial charge < -0.3 is 0 Å². The van der Waals surface area contributed by atoms with Crippen LogP contribution in [0, 0.1) is 17.0 Å². The maximum absolute atomic E-state index is 12.3. The molecule has 0 saturated heterocycles. The molecule has 0 bridgehead atoms.